The molecule has 24 heavy (non-hydrogen) atoms. The van der Waals surface area contributed by atoms with Crippen LogP contribution in [-0.4, -0.2) is 44.2 Å². The Morgan fingerprint density at radius 2 is 1.96 bits per heavy atom. The Morgan fingerprint density at radius 3 is 2.58 bits per heavy atom. The highest BCUT2D eigenvalue weighted by Crippen LogP contribution is 2.23. The molecule has 1 saturated heterocycles. The van der Waals surface area contributed by atoms with Crippen LogP contribution in [0.5, 0.6) is 11.5 Å². The highest BCUT2D eigenvalue weighted by Gasteiger charge is 2.25. The number of anilines is 1. The Morgan fingerprint density at radius 1 is 1.21 bits per heavy atom. The van der Waals surface area contributed by atoms with Crippen LogP contribution in [0.2, 0.25) is 0 Å². The van der Waals surface area contributed by atoms with E-state index in [4.69, 9.17) is 9.47 Å². The molecule has 2 heterocycles. The Bertz CT molecular complexity index is 684. The van der Waals surface area contributed by atoms with E-state index < -0.39 is 0 Å². The van der Waals surface area contributed by atoms with E-state index in [0.717, 1.165) is 25.3 Å². The monoisotopic (exact) mass is 327 g/mol. The Kier molecular flexibility index (Phi) is 4.84. The molecule has 6 nitrogen and oxygen atoms in total. The minimum absolute atomic E-state index is 0.0942. The first-order valence-electron chi connectivity index (χ1n) is 7.89. The molecule has 1 aromatic heterocycles. The van der Waals surface area contributed by atoms with Gasteiger partial charge in [-0.1, -0.05) is 6.07 Å². The lowest BCUT2D eigenvalue weighted by molar-refractivity contribution is 0.0939. The second-order valence-corrected chi connectivity index (χ2v) is 5.69. The highest BCUT2D eigenvalue weighted by molar-refractivity contribution is 5.95. The molecule has 1 fully saturated rings. The van der Waals surface area contributed by atoms with E-state index in [1.165, 1.54) is 0 Å². The van der Waals surface area contributed by atoms with Gasteiger partial charge >= 0.3 is 0 Å². The molecule has 0 bridgehead atoms. The summed E-state index contributed by atoms with van der Waals surface area (Å²) in [5, 5.41) is 3.08. The van der Waals surface area contributed by atoms with Crippen LogP contribution in [0.25, 0.3) is 0 Å². The standard InChI is InChI=1S/C18H21N3O3/c1-23-15-9-13(10-16(11-15)24-2)18(22)20-14-6-8-21(12-14)17-5-3-4-7-19-17/h3-5,7,9-11,14H,6,8,12H2,1-2H3,(H,20,22). The Hall–Kier alpha value is -2.76. The third-order valence-corrected chi connectivity index (χ3v) is 4.11. The summed E-state index contributed by atoms with van der Waals surface area (Å²) in [4.78, 5) is 19.1. The number of benzene rings is 1. The van der Waals surface area contributed by atoms with Crippen molar-refractivity contribution in [2.24, 2.45) is 0 Å². The largest absolute Gasteiger partial charge is 0.497 e. The minimum Gasteiger partial charge on any atom is -0.497 e. The van der Waals surface area contributed by atoms with E-state index in [2.05, 4.69) is 15.2 Å². The summed E-state index contributed by atoms with van der Waals surface area (Å²) < 4.78 is 10.4. The predicted octanol–water partition coefficient (Wildman–Crippen LogP) is 2.11. The second kappa shape index (κ2) is 7.21. The van der Waals surface area contributed by atoms with Crippen molar-refractivity contribution in [2.45, 2.75) is 12.5 Å². The summed E-state index contributed by atoms with van der Waals surface area (Å²) in [6.45, 7) is 1.63. The number of hydrogen-bond acceptors (Lipinski definition) is 5. The van der Waals surface area contributed by atoms with Crippen molar-refractivity contribution < 1.29 is 14.3 Å². The van der Waals surface area contributed by atoms with Gasteiger partial charge in [0.1, 0.15) is 17.3 Å². The summed E-state index contributed by atoms with van der Waals surface area (Å²) in [5.41, 5.74) is 0.530. The molecule has 0 radical (unpaired) electrons. The number of pyridine rings is 1. The van der Waals surface area contributed by atoms with Crippen molar-refractivity contribution in [2.75, 3.05) is 32.2 Å². The quantitative estimate of drug-likeness (QED) is 0.911. The van der Waals surface area contributed by atoms with Gasteiger partial charge in [-0.2, -0.15) is 0 Å². The van der Waals surface area contributed by atoms with E-state index in [1.807, 2.05) is 18.2 Å². The molecule has 0 aliphatic carbocycles. The first kappa shape index (κ1) is 16.1. The summed E-state index contributed by atoms with van der Waals surface area (Å²) in [6, 6.07) is 11.1. The van der Waals surface area contributed by atoms with Gasteiger partial charge in [0.15, 0.2) is 0 Å². The fourth-order valence-electron chi connectivity index (χ4n) is 2.83. The second-order valence-electron chi connectivity index (χ2n) is 5.69. The molecular weight excluding hydrogens is 306 g/mol. The maximum absolute atomic E-state index is 12.5. The maximum atomic E-state index is 12.5. The van der Waals surface area contributed by atoms with E-state index in [9.17, 15) is 4.79 Å². The lowest BCUT2D eigenvalue weighted by Crippen LogP contribution is -2.37. The number of rotatable bonds is 5. The zero-order valence-corrected chi connectivity index (χ0v) is 13.9. The van der Waals surface area contributed by atoms with Crippen LogP contribution in [0.1, 0.15) is 16.8 Å². The number of nitrogens with one attached hydrogen (secondary N) is 1. The van der Waals surface area contributed by atoms with Crippen LogP contribution >= 0.6 is 0 Å². The number of carbonyl (C=O) groups excluding carboxylic acids is 1. The van der Waals surface area contributed by atoms with Crippen LogP contribution in [-0.2, 0) is 0 Å². The molecule has 6 heteroatoms. The first-order chi connectivity index (χ1) is 11.7. The molecule has 1 N–H and O–H groups in total. The van der Waals surface area contributed by atoms with Crippen LogP contribution in [0.15, 0.2) is 42.6 Å². The van der Waals surface area contributed by atoms with Crippen molar-refractivity contribution in [1.29, 1.82) is 0 Å². The van der Waals surface area contributed by atoms with Gasteiger partial charge in [0.05, 0.1) is 14.2 Å². The van der Waals surface area contributed by atoms with Gasteiger partial charge in [-0.05, 0) is 30.7 Å². The summed E-state index contributed by atoms with van der Waals surface area (Å²) in [6.07, 6.45) is 2.67. The average molecular weight is 327 g/mol. The average Bonchev–Trinajstić information content (AvgIpc) is 3.10. The molecule has 1 aliphatic rings. The van der Waals surface area contributed by atoms with Gasteiger partial charge in [-0.3, -0.25) is 4.79 Å². The predicted molar refractivity (Wildman–Crippen MR) is 91.9 cm³/mol. The number of ether oxygens (including phenoxy) is 2. The third kappa shape index (κ3) is 3.59. The Balaban J connectivity index is 1.65. The molecule has 1 aliphatic heterocycles. The van der Waals surface area contributed by atoms with E-state index in [1.54, 1.807) is 38.6 Å². The summed E-state index contributed by atoms with van der Waals surface area (Å²) in [5.74, 6) is 2.01. The summed E-state index contributed by atoms with van der Waals surface area (Å²) >= 11 is 0. The lowest BCUT2D eigenvalue weighted by atomic mass is 10.1. The molecule has 0 saturated carbocycles. The van der Waals surface area contributed by atoms with Gasteiger partial charge in [-0.15, -0.1) is 0 Å². The third-order valence-electron chi connectivity index (χ3n) is 4.11. The fraction of sp³-hybridized carbons (Fsp3) is 0.333. The van der Waals surface area contributed by atoms with Gasteiger partial charge < -0.3 is 19.7 Å². The number of nitrogens with zero attached hydrogens (tertiary/aromatic N) is 2. The molecule has 1 unspecified atom stereocenters. The number of hydrogen-bond donors (Lipinski definition) is 1. The lowest BCUT2D eigenvalue weighted by Gasteiger charge is -2.18. The van der Waals surface area contributed by atoms with E-state index in [0.29, 0.717) is 17.1 Å². The van der Waals surface area contributed by atoms with Crippen molar-refractivity contribution in [1.82, 2.24) is 10.3 Å². The van der Waals surface area contributed by atoms with Gasteiger partial charge in [-0.25, -0.2) is 4.98 Å². The molecule has 126 valence electrons. The smallest absolute Gasteiger partial charge is 0.251 e. The zero-order chi connectivity index (χ0) is 16.9. The topological polar surface area (TPSA) is 63.7 Å². The normalized spacial score (nSPS) is 16.8. The number of carbonyl (C=O) groups is 1. The maximum Gasteiger partial charge on any atom is 0.251 e. The van der Waals surface area contributed by atoms with Crippen molar-refractivity contribution in [3.8, 4) is 11.5 Å². The van der Waals surface area contributed by atoms with E-state index in [-0.39, 0.29) is 11.9 Å². The highest BCUT2D eigenvalue weighted by atomic mass is 16.5. The Labute approximate surface area is 141 Å². The van der Waals surface area contributed by atoms with Crippen LogP contribution in [0.3, 0.4) is 0 Å². The van der Waals surface area contributed by atoms with Crippen LogP contribution in [0.4, 0.5) is 5.82 Å². The van der Waals surface area contributed by atoms with E-state index >= 15 is 0 Å². The molecule has 1 amide bonds. The van der Waals surface area contributed by atoms with Gasteiger partial charge in [0.2, 0.25) is 0 Å². The zero-order valence-electron chi connectivity index (χ0n) is 13.9. The van der Waals surface area contributed by atoms with Crippen molar-refractivity contribution in [3.63, 3.8) is 0 Å². The van der Waals surface area contributed by atoms with Crippen molar-refractivity contribution in [3.05, 3.63) is 48.2 Å². The molecule has 1 atom stereocenters. The number of aromatic nitrogens is 1. The van der Waals surface area contributed by atoms with Crippen LogP contribution < -0.4 is 19.7 Å². The van der Waals surface area contributed by atoms with Crippen molar-refractivity contribution >= 4 is 11.7 Å². The molecular formula is C18H21N3O3. The molecule has 1 aromatic carbocycles. The first-order valence-corrected chi connectivity index (χ1v) is 7.89. The van der Waals surface area contributed by atoms with Gasteiger partial charge in [0, 0.05) is 37.0 Å². The van der Waals surface area contributed by atoms with Gasteiger partial charge in [0.25, 0.3) is 5.91 Å². The summed E-state index contributed by atoms with van der Waals surface area (Å²) in [7, 11) is 3.14. The fourth-order valence-corrected chi connectivity index (χ4v) is 2.83. The minimum atomic E-state index is -0.125. The van der Waals surface area contributed by atoms with Crippen LogP contribution in [0, 0.1) is 0 Å². The molecule has 0 spiro atoms. The molecule has 3 rings (SSSR count). The molecule has 2 aromatic rings. The number of amides is 1. The number of methoxy groups -OCH3 is 2. The SMILES string of the molecule is COc1cc(OC)cc(C(=O)NC2CCN(c3ccccn3)C2)c1.